The van der Waals surface area contributed by atoms with Crippen LogP contribution in [0.25, 0.3) is 0 Å². The zero-order valence-corrected chi connectivity index (χ0v) is 27.5. The van der Waals surface area contributed by atoms with Crippen molar-refractivity contribution >= 4 is 10.0 Å². The lowest BCUT2D eigenvalue weighted by Gasteiger charge is -2.60. The largest absolute Gasteiger partial charge is 0.389 e. The van der Waals surface area contributed by atoms with Gasteiger partial charge in [0.25, 0.3) is 0 Å². The van der Waals surface area contributed by atoms with Gasteiger partial charge in [-0.2, -0.15) is 0 Å². The van der Waals surface area contributed by atoms with E-state index in [0.29, 0.717) is 53.2 Å². The van der Waals surface area contributed by atoms with Crippen LogP contribution >= 0.6 is 0 Å². The van der Waals surface area contributed by atoms with E-state index in [4.69, 9.17) is 4.74 Å². The Bertz CT molecular complexity index is 1460. The standard InChI is InChI=1S/C37H52N2O4S/c1-24-18-32-33(39(22-24)16-15-38-44(41,42)17-12-25-6-4-3-5-7-25)31-21-36-23-35(36)20-30-28(29(35)11-14-37(31,36)43-32)9-8-26-19-27(40)10-13-34(26,30)2/h3-7,19,24,27-33,38,40H,8-18,20-23H2,1-2H3/t24-,27-,28-,29-,30-,31+,32+,33-,34-,35?,36?,37+/m0/s1. The SMILES string of the molecule is C[C@H]1C[C@H]2O[C@@]34CC[C@H]5[C@@H]6CCC7=C[C@@H](O)CC[C@]7(C)[C@H]6CC56CC63C[C@@H]4[C@@H]2N(CCNS(=O)(=O)CCc2ccccc2)C1. The molecule has 2 heterocycles. The molecule has 7 fully saturated rings. The molecule has 3 spiro atoms. The minimum Gasteiger partial charge on any atom is -0.389 e. The van der Waals surface area contributed by atoms with Crippen LogP contribution in [0, 0.1) is 45.8 Å². The molecule has 240 valence electrons. The number of nitrogens with zero attached hydrogens (tertiary/aromatic N) is 1. The third-order valence-electron chi connectivity index (χ3n) is 15.2. The number of benzene rings is 1. The number of aliphatic hydroxyl groups excluding tert-OH is 1. The molecule has 0 bridgehead atoms. The molecule has 6 aliphatic carbocycles. The maximum atomic E-state index is 12.9. The van der Waals surface area contributed by atoms with Gasteiger partial charge in [-0.1, -0.05) is 55.8 Å². The highest BCUT2D eigenvalue weighted by Crippen LogP contribution is 2.93. The van der Waals surface area contributed by atoms with Gasteiger partial charge < -0.3 is 9.84 Å². The molecule has 6 nitrogen and oxygen atoms in total. The van der Waals surface area contributed by atoms with Gasteiger partial charge in [0.05, 0.1) is 23.6 Å². The van der Waals surface area contributed by atoms with Gasteiger partial charge in [-0.15, -0.1) is 0 Å². The average Bonchev–Trinajstić information content (AvgIpc) is 3.48. The Labute approximate surface area is 264 Å². The predicted octanol–water partition coefficient (Wildman–Crippen LogP) is 5.32. The lowest BCUT2D eigenvalue weighted by molar-refractivity contribution is -0.211. The van der Waals surface area contributed by atoms with Gasteiger partial charge in [0, 0.05) is 37.0 Å². The number of aryl methyl sites for hydroxylation is 1. The Balaban J connectivity index is 0.903. The molecule has 5 saturated carbocycles. The zero-order chi connectivity index (χ0) is 30.1. The number of ether oxygens (including phenoxy) is 1. The number of sulfonamides is 1. The molecule has 1 aromatic rings. The lowest BCUT2D eigenvalue weighted by Crippen LogP contribution is -2.64. The van der Waals surface area contributed by atoms with E-state index in [1.54, 1.807) is 5.57 Å². The van der Waals surface area contributed by atoms with E-state index in [1.165, 1.54) is 44.9 Å². The molecule has 2 aliphatic heterocycles. The first-order valence-corrected chi connectivity index (χ1v) is 19.6. The second-order valence-corrected chi connectivity index (χ2v) is 18.8. The molecule has 44 heavy (non-hydrogen) atoms. The summed E-state index contributed by atoms with van der Waals surface area (Å²) in [6, 6.07) is 10.3. The summed E-state index contributed by atoms with van der Waals surface area (Å²) in [4.78, 5) is 2.63. The van der Waals surface area contributed by atoms with Crippen molar-refractivity contribution in [3.05, 3.63) is 47.5 Å². The molecule has 7 heteroatoms. The maximum Gasteiger partial charge on any atom is 0.211 e. The van der Waals surface area contributed by atoms with Crippen LogP contribution in [0.4, 0.5) is 0 Å². The number of rotatable bonds is 7. The van der Waals surface area contributed by atoms with Crippen molar-refractivity contribution < 1.29 is 18.3 Å². The smallest absolute Gasteiger partial charge is 0.211 e. The first-order valence-electron chi connectivity index (χ1n) is 17.9. The Morgan fingerprint density at radius 2 is 1.91 bits per heavy atom. The van der Waals surface area contributed by atoms with Crippen LogP contribution < -0.4 is 4.72 Å². The summed E-state index contributed by atoms with van der Waals surface area (Å²) >= 11 is 0. The van der Waals surface area contributed by atoms with Crippen LogP contribution in [0.5, 0.6) is 0 Å². The van der Waals surface area contributed by atoms with E-state index in [9.17, 15) is 13.5 Å². The van der Waals surface area contributed by atoms with E-state index in [1.807, 2.05) is 30.3 Å². The van der Waals surface area contributed by atoms with E-state index in [-0.39, 0.29) is 17.5 Å². The molecular weight excluding hydrogens is 568 g/mol. The number of likely N-dealkylation sites (tertiary alicyclic amines) is 1. The summed E-state index contributed by atoms with van der Waals surface area (Å²) in [5.74, 6) is 3.83. The Hall–Kier alpha value is -1.25. The Morgan fingerprint density at radius 1 is 1.07 bits per heavy atom. The number of allylic oxidation sites excluding steroid dienone is 1. The lowest BCUT2D eigenvalue weighted by atomic mass is 9.47. The van der Waals surface area contributed by atoms with E-state index < -0.39 is 10.0 Å². The molecule has 8 aliphatic rings. The van der Waals surface area contributed by atoms with Crippen LogP contribution in [0.2, 0.25) is 0 Å². The minimum absolute atomic E-state index is 0.0617. The van der Waals surface area contributed by atoms with Crippen LogP contribution in [-0.4, -0.2) is 67.7 Å². The van der Waals surface area contributed by atoms with Crippen molar-refractivity contribution in [2.24, 2.45) is 45.8 Å². The van der Waals surface area contributed by atoms with Crippen molar-refractivity contribution in [2.45, 2.75) is 108 Å². The molecule has 0 aromatic heterocycles. The third kappa shape index (κ3) is 3.82. The van der Waals surface area contributed by atoms with E-state index in [0.717, 1.165) is 55.7 Å². The zero-order valence-electron chi connectivity index (χ0n) is 26.7. The third-order valence-corrected chi connectivity index (χ3v) is 16.6. The second kappa shape index (κ2) is 9.65. The first-order chi connectivity index (χ1) is 21.1. The van der Waals surface area contributed by atoms with Crippen molar-refractivity contribution in [2.75, 3.05) is 25.4 Å². The van der Waals surface area contributed by atoms with Crippen molar-refractivity contribution in [1.82, 2.24) is 9.62 Å². The van der Waals surface area contributed by atoms with Crippen LogP contribution in [0.3, 0.4) is 0 Å². The Kier molecular flexibility index (Phi) is 6.35. The number of hydrogen-bond donors (Lipinski definition) is 2. The molecule has 2 N–H and O–H groups in total. The van der Waals surface area contributed by atoms with Gasteiger partial charge in [-0.25, -0.2) is 13.1 Å². The van der Waals surface area contributed by atoms with E-state index >= 15 is 0 Å². The van der Waals surface area contributed by atoms with Gasteiger partial charge in [-0.3, -0.25) is 4.90 Å². The van der Waals surface area contributed by atoms with Crippen LogP contribution in [0.15, 0.2) is 42.0 Å². The fraction of sp³-hybridized carbons (Fsp3) is 0.784. The summed E-state index contributed by atoms with van der Waals surface area (Å²) in [6.45, 7) is 7.22. The summed E-state index contributed by atoms with van der Waals surface area (Å²) in [7, 11) is -3.31. The van der Waals surface area contributed by atoms with Gasteiger partial charge in [0.2, 0.25) is 10.0 Å². The summed E-state index contributed by atoms with van der Waals surface area (Å²) in [5.41, 5.74) is 3.88. The van der Waals surface area contributed by atoms with Crippen LogP contribution in [0.1, 0.15) is 83.6 Å². The Morgan fingerprint density at radius 3 is 2.75 bits per heavy atom. The number of aliphatic hydroxyl groups is 1. The topological polar surface area (TPSA) is 78.9 Å². The van der Waals surface area contributed by atoms with Gasteiger partial charge in [-0.05, 0) is 111 Å². The molecule has 1 aromatic carbocycles. The molecular formula is C37H52N2O4S. The van der Waals surface area contributed by atoms with Gasteiger partial charge >= 0.3 is 0 Å². The highest BCUT2D eigenvalue weighted by atomic mass is 32.2. The molecule has 2 unspecified atom stereocenters. The fourth-order valence-corrected chi connectivity index (χ4v) is 14.6. The summed E-state index contributed by atoms with van der Waals surface area (Å²) < 4.78 is 36.1. The number of hydrogen-bond acceptors (Lipinski definition) is 5. The molecule has 0 radical (unpaired) electrons. The van der Waals surface area contributed by atoms with Gasteiger partial charge in [0.1, 0.15) is 0 Å². The minimum atomic E-state index is -3.31. The second-order valence-electron chi connectivity index (χ2n) is 16.9. The highest BCUT2D eigenvalue weighted by molar-refractivity contribution is 7.89. The molecule has 12 atom stereocenters. The first kappa shape index (κ1) is 28.9. The summed E-state index contributed by atoms with van der Waals surface area (Å²) in [5, 5.41) is 10.4. The average molecular weight is 621 g/mol. The number of fused-ring (bicyclic) bond motifs is 6. The van der Waals surface area contributed by atoms with Crippen molar-refractivity contribution in [3.8, 4) is 0 Å². The predicted molar refractivity (Wildman–Crippen MR) is 171 cm³/mol. The molecule has 0 amide bonds. The fourth-order valence-electron chi connectivity index (χ4n) is 13.5. The summed E-state index contributed by atoms with van der Waals surface area (Å²) in [6.07, 6.45) is 15.3. The monoisotopic (exact) mass is 620 g/mol. The quantitative estimate of drug-likeness (QED) is 0.404. The number of nitrogens with one attached hydrogen (secondary N) is 1. The van der Waals surface area contributed by atoms with E-state index in [2.05, 4.69) is 29.5 Å². The van der Waals surface area contributed by atoms with Gasteiger partial charge in [0.15, 0.2) is 0 Å². The highest BCUT2D eigenvalue weighted by Gasteiger charge is 2.91. The van der Waals surface area contributed by atoms with Crippen LogP contribution in [-0.2, 0) is 21.2 Å². The number of piperidine rings is 1. The maximum absolute atomic E-state index is 12.9. The van der Waals surface area contributed by atoms with Crippen molar-refractivity contribution in [1.29, 1.82) is 0 Å². The molecule has 9 rings (SSSR count). The molecule has 2 saturated heterocycles. The normalized spacial score (nSPS) is 50.1. The van der Waals surface area contributed by atoms with Crippen molar-refractivity contribution in [3.63, 3.8) is 0 Å².